The Morgan fingerprint density at radius 3 is 2.46 bits per heavy atom. The molecule has 2 aromatic heterocycles. The fourth-order valence-corrected chi connectivity index (χ4v) is 5.57. The number of anilines is 2. The molecule has 2 aromatic carbocycles. The summed E-state index contributed by atoms with van der Waals surface area (Å²) in [5, 5.41) is 10.1. The third kappa shape index (κ3) is 5.25. The minimum atomic E-state index is -4.43. The van der Waals surface area contributed by atoms with Crippen LogP contribution in [0.2, 0.25) is 0 Å². The van der Waals surface area contributed by atoms with Gasteiger partial charge in [0.25, 0.3) is 10.0 Å². The van der Waals surface area contributed by atoms with Crippen LogP contribution in [0.4, 0.5) is 25.0 Å². The maximum Gasteiger partial charge on any atom is 0.407 e. The van der Waals surface area contributed by atoms with Gasteiger partial charge < -0.3 is 19.6 Å². The number of pyridine rings is 2. The molecule has 0 unspecified atom stereocenters. The Morgan fingerprint density at radius 2 is 1.77 bits per heavy atom. The third-order valence-corrected chi connectivity index (χ3v) is 7.81. The van der Waals surface area contributed by atoms with Crippen molar-refractivity contribution in [1.29, 1.82) is 0 Å². The predicted octanol–water partition coefficient (Wildman–Crippen LogP) is 4.18. The molecule has 202 valence electrons. The van der Waals surface area contributed by atoms with Crippen LogP contribution in [-0.2, 0) is 10.0 Å². The standard InChI is InChI=1S/C26H23F2N5O5S/c1-38-25-22(31-39(36,37)24-5-3-18(27)14-20(24)28)13-17(15-30-25)16-2-4-21-19(12-16)23(6-7-29-21)32-8-10-33(11-9-32)26(34)35/h2-7,12-15,31H,8-11H2,1H3,(H,34,35). The first-order valence-corrected chi connectivity index (χ1v) is 13.3. The molecule has 0 saturated carbocycles. The van der Waals surface area contributed by atoms with Crippen LogP contribution in [0.1, 0.15) is 0 Å². The van der Waals surface area contributed by atoms with Crippen LogP contribution in [0.25, 0.3) is 22.0 Å². The summed E-state index contributed by atoms with van der Waals surface area (Å²) < 4.78 is 60.8. The van der Waals surface area contributed by atoms with Crippen LogP contribution < -0.4 is 14.4 Å². The number of carbonyl (C=O) groups is 1. The Balaban J connectivity index is 1.50. The number of hydrogen-bond acceptors (Lipinski definition) is 7. The number of rotatable bonds is 6. The second kappa shape index (κ2) is 10.3. The molecule has 13 heteroatoms. The number of benzene rings is 2. The molecule has 4 aromatic rings. The Hall–Kier alpha value is -4.52. The highest BCUT2D eigenvalue weighted by Gasteiger charge is 2.24. The van der Waals surface area contributed by atoms with E-state index in [1.54, 1.807) is 6.20 Å². The lowest BCUT2D eigenvalue weighted by Gasteiger charge is -2.35. The van der Waals surface area contributed by atoms with E-state index in [0.717, 1.165) is 28.7 Å². The molecule has 1 fully saturated rings. The van der Waals surface area contributed by atoms with Gasteiger partial charge in [-0.05, 0) is 42.0 Å². The van der Waals surface area contributed by atoms with E-state index < -0.39 is 32.6 Å². The summed E-state index contributed by atoms with van der Waals surface area (Å²) in [6.45, 7) is 1.79. The molecule has 1 amide bonds. The maximum atomic E-state index is 14.2. The zero-order valence-corrected chi connectivity index (χ0v) is 21.5. The van der Waals surface area contributed by atoms with Gasteiger partial charge in [0.15, 0.2) is 0 Å². The molecule has 2 N–H and O–H groups in total. The highest BCUT2D eigenvalue weighted by Crippen LogP contribution is 2.34. The van der Waals surface area contributed by atoms with Crippen molar-refractivity contribution in [2.75, 3.05) is 42.9 Å². The number of nitrogens with one attached hydrogen (secondary N) is 1. The van der Waals surface area contributed by atoms with Gasteiger partial charge in [-0.2, -0.15) is 0 Å². The first-order valence-electron chi connectivity index (χ1n) is 11.8. The Morgan fingerprint density at radius 1 is 1.00 bits per heavy atom. The summed E-state index contributed by atoms with van der Waals surface area (Å²) in [5.74, 6) is -2.17. The fraction of sp³-hybridized carbons (Fsp3) is 0.192. The van der Waals surface area contributed by atoms with E-state index in [0.29, 0.717) is 43.4 Å². The average Bonchev–Trinajstić information content (AvgIpc) is 2.92. The monoisotopic (exact) mass is 555 g/mol. The molecule has 1 aliphatic heterocycles. The van der Waals surface area contributed by atoms with Gasteiger partial charge in [-0.1, -0.05) is 6.07 Å². The van der Waals surface area contributed by atoms with Crippen LogP contribution in [0, 0.1) is 11.6 Å². The lowest BCUT2D eigenvalue weighted by atomic mass is 10.0. The third-order valence-electron chi connectivity index (χ3n) is 6.41. The van der Waals surface area contributed by atoms with Crippen molar-refractivity contribution >= 4 is 38.4 Å². The van der Waals surface area contributed by atoms with Crippen molar-refractivity contribution in [3.05, 3.63) is 72.6 Å². The maximum absolute atomic E-state index is 14.2. The smallest absolute Gasteiger partial charge is 0.407 e. The highest BCUT2D eigenvalue weighted by molar-refractivity contribution is 7.92. The molecule has 0 radical (unpaired) electrons. The molecule has 1 aliphatic rings. The number of carboxylic acid groups (broad SMARTS) is 1. The van der Waals surface area contributed by atoms with E-state index in [4.69, 9.17) is 4.74 Å². The van der Waals surface area contributed by atoms with Crippen molar-refractivity contribution in [3.8, 4) is 17.0 Å². The van der Waals surface area contributed by atoms with Crippen LogP contribution in [0.5, 0.6) is 5.88 Å². The second-order valence-electron chi connectivity index (χ2n) is 8.78. The summed E-state index contributed by atoms with van der Waals surface area (Å²) in [6, 6.07) is 11.1. The molecule has 10 nitrogen and oxygen atoms in total. The topological polar surface area (TPSA) is 125 Å². The molecule has 0 bridgehead atoms. The minimum Gasteiger partial charge on any atom is -0.480 e. The lowest BCUT2D eigenvalue weighted by molar-refractivity contribution is 0.142. The highest BCUT2D eigenvalue weighted by atomic mass is 32.2. The SMILES string of the molecule is COc1ncc(-c2ccc3nccc(N4CCN(C(=O)O)CC4)c3c2)cc1NS(=O)(=O)c1ccc(F)cc1F. The Labute approximate surface area is 222 Å². The predicted molar refractivity (Wildman–Crippen MR) is 141 cm³/mol. The number of halogens is 2. The first-order chi connectivity index (χ1) is 18.7. The second-order valence-corrected chi connectivity index (χ2v) is 10.4. The quantitative estimate of drug-likeness (QED) is 0.363. The number of methoxy groups -OCH3 is 1. The summed E-state index contributed by atoms with van der Waals surface area (Å²) in [5.41, 5.74) is 2.83. The van der Waals surface area contributed by atoms with E-state index >= 15 is 0 Å². The summed E-state index contributed by atoms with van der Waals surface area (Å²) in [4.78, 5) is 22.7. The largest absolute Gasteiger partial charge is 0.480 e. The molecule has 39 heavy (non-hydrogen) atoms. The molecule has 5 rings (SSSR count). The number of amides is 1. The number of piperazine rings is 1. The van der Waals surface area contributed by atoms with Gasteiger partial charge in [-0.25, -0.2) is 27.0 Å². The van der Waals surface area contributed by atoms with Crippen molar-refractivity contribution < 1.29 is 31.8 Å². The molecule has 3 heterocycles. The fourth-order valence-electron chi connectivity index (χ4n) is 4.46. The zero-order valence-electron chi connectivity index (χ0n) is 20.6. The molecule has 0 spiro atoms. The van der Waals surface area contributed by atoms with Gasteiger partial charge in [0.05, 0.1) is 12.6 Å². The number of ether oxygens (including phenoxy) is 1. The normalized spacial score (nSPS) is 13.9. The van der Waals surface area contributed by atoms with Gasteiger partial charge in [-0.3, -0.25) is 9.71 Å². The molecule has 0 atom stereocenters. The average molecular weight is 556 g/mol. The molecule has 0 aliphatic carbocycles. The molecular formula is C26H23F2N5O5S. The van der Waals surface area contributed by atoms with Crippen LogP contribution >= 0.6 is 0 Å². The lowest BCUT2D eigenvalue weighted by Crippen LogP contribution is -2.48. The summed E-state index contributed by atoms with van der Waals surface area (Å²) >= 11 is 0. The van der Waals surface area contributed by atoms with Crippen LogP contribution in [0.3, 0.4) is 0 Å². The Bertz CT molecular complexity index is 1680. The van der Waals surface area contributed by atoms with Gasteiger partial charge in [0, 0.05) is 61.3 Å². The number of sulfonamides is 1. The summed E-state index contributed by atoms with van der Waals surface area (Å²) in [6.07, 6.45) is 2.26. The van der Waals surface area contributed by atoms with E-state index in [1.807, 2.05) is 24.3 Å². The minimum absolute atomic E-state index is 0.0324. The van der Waals surface area contributed by atoms with Crippen molar-refractivity contribution in [3.63, 3.8) is 0 Å². The van der Waals surface area contributed by atoms with Gasteiger partial charge in [0.1, 0.15) is 22.2 Å². The van der Waals surface area contributed by atoms with Crippen molar-refractivity contribution in [2.24, 2.45) is 0 Å². The van der Waals surface area contributed by atoms with E-state index in [1.165, 1.54) is 24.3 Å². The van der Waals surface area contributed by atoms with E-state index in [-0.39, 0.29) is 11.6 Å². The van der Waals surface area contributed by atoms with Gasteiger partial charge in [0.2, 0.25) is 5.88 Å². The van der Waals surface area contributed by atoms with Crippen molar-refractivity contribution in [2.45, 2.75) is 4.90 Å². The van der Waals surface area contributed by atoms with Crippen LogP contribution in [0.15, 0.2) is 65.8 Å². The molecular weight excluding hydrogens is 532 g/mol. The number of fused-ring (bicyclic) bond motifs is 1. The van der Waals surface area contributed by atoms with E-state index in [9.17, 15) is 27.1 Å². The molecule has 1 saturated heterocycles. The van der Waals surface area contributed by atoms with Gasteiger partial charge >= 0.3 is 6.09 Å². The van der Waals surface area contributed by atoms with E-state index in [2.05, 4.69) is 19.6 Å². The zero-order chi connectivity index (χ0) is 27.7. The van der Waals surface area contributed by atoms with Crippen molar-refractivity contribution in [1.82, 2.24) is 14.9 Å². The van der Waals surface area contributed by atoms with Crippen LogP contribution in [-0.4, -0.2) is 67.8 Å². The Kier molecular flexibility index (Phi) is 6.91. The summed E-state index contributed by atoms with van der Waals surface area (Å²) in [7, 11) is -3.12. The number of aromatic nitrogens is 2. The van der Waals surface area contributed by atoms with Gasteiger partial charge in [-0.15, -0.1) is 0 Å². The number of hydrogen-bond donors (Lipinski definition) is 2. The first kappa shape index (κ1) is 26.1. The number of nitrogens with zero attached hydrogens (tertiary/aromatic N) is 4.